The summed E-state index contributed by atoms with van der Waals surface area (Å²) in [6.45, 7) is 7.38. The van der Waals surface area contributed by atoms with Gasteiger partial charge in [0.1, 0.15) is 0 Å². The van der Waals surface area contributed by atoms with E-state index in [1.165, 1.54) is 46.2 Å². The van der Waals surface area contributed by atoms with Crippen LogP contribution in [0.25, 0.3) is 11.4 Å². The van der Waals surface area contributed by atoms with Crippen molar-refractivity contribution in [1.82, 2.24) is 14.8 Å². The molecular formula is C23H28N4OS2. The first-order chi connectivity index (χ1) is 14.5. The first-order valence-electron chi connectivity index (χ1n) is 10.6. The number of thiophene rings is 1. The predicted molar refractivity (Wildman–Crippen MR) is 125 cm³/mol. The highest BCUT2D eigenvalue weighted by molar-refractivity contribution is 7.99. The average molecular weight is 441 g/mol. The van der Waals surface area contributed by atoms with E-state index in [9.17, 15) is 4.79 Å². The van der Waals surface area contributed by atoms with Gasteiger partial charge in [0.05, 0.1) is 5.75 Å². The Morgan fingerprint density at radius 1 is 1.30 bits per heavy atom. The Hall–Kier alpha value is -2.12. The molecule has 3 aromatic rings. The van der Waals surface area contributed by atoms with Crippen LogP contribution in [0.2, 0.25) is 0 Å². The third-order valence-corrected chi connectivity index (χ3v) is 7.49. The molecule has 0 saturated heterocycles. The lowest BCUT2D eigenvalue weighted by atomic mass is 9.88. The van der Waals surface area contributed by atoms with Crippen LogP contribution in [0.5, 0.6) is 0 Å². The van der Waals surface area contributed by atoms with Crippen molar-refractivity contribution in [1.29, 1.82) is 0 Å². The fourth-order valence-corrected chi connectivity index (χ4v) is 5.86. The first kappa shape index (κ1) is 21.1. The summed E-state index contributed by atoms with van der Waals surface area (Å²) in [5, 5.41) is 15.0. The van der Waals surface area contributed by atoms with E-state index in [0.717, 1.165) is 42.0 Å². The van der Waals surface area contributed by atoms with E-state index < -0.39 is 0 Å². The molecule has 1 aliphatic rings. The minimum absolute atomic E-state index is 0.0293. The Morgan fingerprint density at radius 2 is 2.10 bits per heavy atom. The largest absolute Gasteiger partial charge is 0.325 e. The van der Waals surface area contributed by atoms with Crippen LogP contribution in [0, 0.1) is 12.8 Å². The zero-order chi connectivity index (χ0) is 21.1. The molecule has 0 radical (unpaired) electrons. The fraction of sp³-hybridized carbons (Fsp3) is 0.435. The number of fused-ring (bicyclic) bond motifs is 1. The Balaban J connectivity index is 1.49. The van der Waals surface area contributed by atoms with Gasteiger partial charge in [-0.3, -0.25) is 4.79 Å². The van der Waals surface area contributed by atoms with Crippen molar-refractivity contribution in [2.45, 2.75) is 58.2 Å². The van der Waals surface area contributed by atoms with E-state index in [0.29, 0.717) is 5.75 Å². The number of hydrogen-bond donors (Lipinski definition) is 1. The van der Waals surface area contributed by atoms with Crippen LogP contribution in [0.3, 0.4) is 0 Å². The summed E-state index contributed by atoms with van der Waals surface area (Å²) < 4.78 is 2.18. The predicted octanol–water partition coefficient (Wildman–Crippen LogP) is 5.58. The molecule has 0 aliphatic heterocycles. The average Bonchev–Trinajstić information content (AvgIpc) is 3.32. The van der Waals surface area contributed by atoms with E-state index in [-0.39, 0.29) is 5.91 Å². The molecule has 0 spiro atoms. The number of hydrogen-bond acceptors (Lipinski definition) is 5. The van der Waals surface area contributed by atoms with Crippen LogP contribution >= 0.6 is 23.1 Å². The number of benzene rings is 1. The van der Waals surface area contributed by atoms with E-state index in [1.807, 2.05) is 42.5 Å². The Bertz CT molecular complexity index is 1020. The molecule has 1 unspecified atom stereocenters. The Kier molecular flexibility index (Phi) is 6.58. The second kappa shape index (κ2) is 9.35. The van der Waals surface area contributed by atoms with Crippen molar-refractivity contribution in [3.8, 4) is 11.4 Å². The number of amides is 1. The minimum Gasteiger partial charge on any atom is -0.325 e. The second-order valence-electron chi connectivity index (χ2n) is 8.06. The maximum Gasteiger partial charge on any atom is 0.234 e. The number of carbonyl (C=O) groups is 1. The van der Waals surface area contributed by atoms with Crippen LogP contribution in [-0.2, 0) is 24.2 Å². The molecule has 0 saturated carbocycles. The van der Waals surface area contributed by atoms with Crippen LogP contribution in [-0.4, -0.2) is 26.4 Å². The molecule has 2 heterocycles. The lowest BCUT2D eigenvalue weighted by Gasteiger charge is -2.19. The van der Waals surface area contributed by atoms with Gasteiger partial charge in [0.15, 0.2) is 11.0 Å². The molecule has 0 fully saturated rings. The van der Waals surface area contributed by atoms with Gasteiger partial charge in [0.25, 0.3) is 0 Å². The molecule has 1 amide bonds. The summed E-state index contributed by atoms with van der Waals surface area (Å²) in [6, 6.07) is 7.84. The number of aryl methyl sites for hydroxylation is 1. The van der Waals surface area contributed by atoms with Crippen LogP contribution in [0.1, 0.15) is 42.7 Å². The smallest absolute Gasteiger partial charge is 0.234 e. The summed E-state index contributed by atoms with van der Waals surface area (Å²) in [7, 11) is 0. The standard InChI is InChI=1S/C23H28N4OS2/c1-4-11-27-22(19-13-29-20-12-16(3)7-10-18(19)20)25-26-23(27)30-14-21(28)24-17-8-5-15(2)6-9-17/h5-6,8-9,13,16H,4,7,10-12,14H2,1-3H3,(H,24,28). The highest BCUT2D eigenvalue weighted by Crippen LogP contribution is 2.38. The molecular weight excluding hydrogens is 412 g/mol. The van der Waals surface area contributed by atoms with E-state index >= 15 is 0 Å². The van der Waals surface area contributed by atoms with Gasteiger partial charge in [-0.25, -0.2) is 0 Å². The number of thioether (sulfide) groups is 1. The Morgan fingerprint density at radius 3 is 2.87 bits per heavy atom. The van der Waals surface area contributed by atoms with Gasteiger partial charge in [-0.15, -0.1) is 21.5 Å². The number of aromatic nitrogens is 3. The van der Waals surface area contributed by atoms with Gasteiger partial charge in [-0.05, 0) is 56.2 Å². The zero-order valence-corrected chi connectivity index (χ0v) is 19.4. The minimum atomic E-state index is -0.0293. The molecule has 1 atom stereocenters. The number of carbonyl (C=O) groups excluding carboxylic acids is 1. The fourth-order valence-electron chi connectivity index (χ4n) is 3.85. The van der Waals surface area contributed by atoms with Crippen LogP contribution < -0.4 is 5.32 Å². The Labute approximate surface area is 186 Å². The number of nitrogens with zero attached hydrogens (tertiary/aromatic N) is 3. The van der Waals surface area contributed by atoms with Crippen molar-refractivity contribution in [3.63, 3.8) is 0 Å². The maximum atomic E-state index is 12.4. The molecule has 0 bridgehead atoms. The second-order valence-corrected chi connectivity index (χ2v) is 9.97. The summed E-state index contributed by atoms with van der Waals surface area (Å²) in [5.41, 5.74) is 4.68. The van der Waals surface area contributed by atoms with E-state index in [4.69, 9.17) is 0 Å². The highest BCUT2D eigenvalue weighted by atomic mass is 32.2. The zero-order valence-electron chi connectivity index (χ0n) is 17.8. The molecule has 1 aromatic carbocycles. The molecule has 1 aliphatic carbocycles. The van der Waals surface area contributed by atoms with Gasteiger partial charge >= 0.3 is 0 Å². The molecule has 30 heavy (non-hydrogen) atoms. The van der Waals surface area contributed by atoms with Gasteiger partial charge < -0.3 is 9.88 Å². The van der Waals surface area contributed by atoms with Crippen molar-refractivity contribution in [2.24, 2.45) is 5.92 Å². The number of nitrogens with one attached hydrogen (secondary N) is 1. The lowest BCUT2D eigenvalue weighted by Crippen LogP contribution is -2.14. The summed E-state index contributed by atoms with van der Waals surface area (Å²) in [4.78, 5) is 13.9. The van der Waals surface area contributed by atoms with Crippen LogP contribution in [0.15, 0.2) is 34.8 Å². The molecule has 4 rings (SSSR count). The third-order valence-electron chi connectivity index (χ3n) is 5.47. The highest BCUT2D eigenvalue weighted by Gasteiger charge is 2.24. The molecule has 7 heteroatoms. The first-order valence-corrected chi connectivity index (χ1v) is 12.4. The van der Waals surface area contributed by atoms with Gasteiger partial charge in [-0.1, -0.05) is 43.3 Å². The third kappa shape index (κ3) is 4.62. The maximum absolute atomic E-state index is 12.4. The van der Waals surface area contributed by atoms with Crippen molar-refractivity contribution in [3.05, 3.63) is 45.6 Å². The molecule has 2 aromatic heterocycles. The van der Waals surface area contributed by atoms with Gasteiger partial charge in [-0.2, -0.15) is 0 Å². The summed E-state index contributed by atoms with van der Waals surface area (Å²) >= 11 is 3.31. The molecule has 1 N–H and O–H groups in total. The van der Waals surface area contributed by atoms with Crippen molar-refractivity contribution < 1.29 is 4.79 Å². The number of anilines is 1. The van der Waals surface area contributed by atoms with Gasteiger partial charge in [0, 0.05) is 28.1 Å². The monoisotopic (exact) mass is 440 g/mol. The van der Waals surface area contributed by atoms with Crippen LogP contribution in [0.4, 0.5) is 5.69 Å². The SMILES string of the molecule is CCCn1c(SCC(=O)Nc2ccc(C)cc2)nnc1-c1csc2c1CCC(C)C2. The number of rotatable bonds is 7. The van der Waals surface area contributed by atoms with Crippen molar-refractivity contribution >= 4 is 34.7 Å². The van der Waals surface area contributed by atoms with E-state index in [1.54, 1.807) is 0 Å². The normalized spacial score (nSPS) is 15.8. The van der Waals surface area contributed by atoms with E-state index in [2.05, 4.69) is 39.3 Å². The quantitative estimate of drug-likeness (QED) is 0.487. The summed E-state index contributed by atoms with van der Waals surface area (Å²) in [6.07, 6.45) is 4.52. The molecule has 5 nitrogen and oxygen atoms in total. The topological polar surface area (TPSA) is 59.8 Å². The van der Waals surface area contributed by atoms with Crippen molar-refractivity contribution in [2.75, 3.05) is 11.1 Å². The lowest BCUT2D eigenvalue weighted by molar-refractivity contribution is -0.113. The van der Waals surface area contributed by atoms with Gasteiger partial charge in [0.2, 0.25) is 5.91 Å². The summed E-state index contributed by atoms with van der Waals surface area (Å²) in [5.74, 6) is 1.99. The molecule has 158 valence electrons.